The molecular weight excluding hydrogens is 348 g/mol. The predicted octanol–water partition coefficient (Wildman–Crippen LogP) is 2.86. The van der Waals surface area contributed by atoms with Gasteiger partial charge in [-0.05, 0) is 38.5 Å². The van der Waals surface area contributed by atoms with Crippen LogP contribution in [0, 0.1) is 13.8 Å². The van der Waals surface area contributed by atoms with Gasteiger partial charge in [0.05, 0.1) is 12.2 Å². The van der Waals surface area contributed by atoms with Gasteiger partial charge in [0.25, 0.3) is 5.91 Å². The van der Waals surface area contributed by atoms with Gasteiger partial charge in [0.2, 0.25) is 0 Å². The number of amides is 3. The maximum Gasteiger partial charge on any atom is 0.387 e. The number of aryl methyl sites for hydroxylation is 2. The lowest BCUT2D eigenvalue weighted by Crippen LogP contribution is -2.40. The zero-order valence-corrected chi connectivity index (χ0v) is 14.4. The number of urea groups is 1. The van der Waals surface area contributed by atoms with Crippen molar-refractivity contribution in [2.75, 3.05) is 0 Å². The van der Waals surface area contributed by atoms with Gasteiger partial charge in [-0.3, -0.25) is 9.69 Å². The van der Waals surface area contributed by atoms with E-state index in [2.05, 4.69) is 15.2 Å². The van der Waals surface area contributed by atoms with E-state index in [1.165, 1.54) is 24.3 Å². The van der Waals surface area contributed by atoms with Gasteiger partial charge in [0.15, 0.2) is 0 Å². The lowest BCUT2D eigenvalue weighted by atomic mass is 9.92. The van der Waals surface area contributed by atoms with Crippen molar-refractivity contribution in [1.29, 1.82) is 0 Å². The van der Waals surface area contributed by atoms with Crippen LogP contribution in [0.2, 0.25) is 0 Å². The Bertz CT molecular complexity index is 831. The minimum atomic E-state index is -2.94. The number of carbonyl (C=O) groups excluding carboxylic acids is 2. The van der Waals surface area contributed by atoms with Crippen LogP contribution in [0.3, 0.4) is 0 Å². The Morgan fingerprint density at radius 1 is 1.27 bits per heavy atom. The second-order valence-corrected chi connectivity index (χ2v) is 6.15. The number of rotatable bonds is 5. The van der Waals surface area contributed by atoms with Gasteiger partial charge in [-0.1, -0.05) is 17.3 Å². The van der Waals surface area contributed by atoms with E-state index >= 15 is 0 Å². The number of hydrogen-bond acceptors (Lipinski definition) is 5. The van der Waals surface area contributed by atoms with Crippen LogP contribution in [-0.2, 0) is 16.9 Å². The van der Waals surface area contributed by atoms with E-state index in [0.717, 1.165) is 4.90 Å². The number of benzene rings is 1. The minimum absolute atomic E-state index is 0.0308. The molecule has 1 N–H and O–H groups in total. The fraction of sp³-hybridized carbons (Fsp3) is 0.353. The summed E-state index contributed by atoms with van der Waals surface area (Å²) in [7, 11) is 0. The monoisotopic (exact) mass is 365 g/mol. The summed E-state index contributed by atoms with van der Waals surface area (Å²) in [6.07, 6.45) is 0. The number of carbonyl (C=O) groups is 2. The van der Waals surface area contributed by atoms with Crippen LogP contribution in [0.15, 0.2) is 28.8 Å². The summed E-state index contributed by atoms with van der Waals surface area (Å²) < 4.78 is 33.9. The third-order valence-electron chi connectivity index (χ3n) is 4.43. The van der Waals surface area contributed by atoms with Crippen molar-refractivity contribution in [2.24, 2.45) is 0 Å². The Kier molecular flexibility index (Phi) is 4.39. The van der Waals surface area contributed by atoms with Crippen LogP contribution in [-0.4, -0.2) is 28.6 Å². The highest BCUT2D eigenvalue weighted by Gasteiger charge is 2.49. The van der Waals surface area contributed by atoms with E-state index in [4.69, 9.17) is 4.52 Å². The number of alkyl halides is 2. The van der Waals surface area contributed by atoms with Crippen LogP contribution in [0.25, 0.3) is 0 Å². The number of hydrogen-bond donors (Lipinski definition) is 1. The van der Waals surface area contributed by atoms with E-state index in [1.54, 1.807) is 20.8 Å². The molecule has 3 amide bonds. The van der Waals surface area contributed by atoms with Crippen molar-refractivity contribution >= 4 is 11.9 Å². The van der Waals surface area contributed by atoms with Crippen molar-refractivity contribution in [1.82, 2.24) is 15.4 Å². The van der Waals surface area contributed by atoms with Crippen LogP contribution in [0.4, 0.5) is 13.6 Å². The second kappa shape index (κ2) is 6.40. The molecule has 2 aromatic rings. The summed E-state index contributed by atoms with van der Waals surface area (Å²) in [6.45, 7) is 2.09. The van der Waals surface area contributed by atoms with Crippen LogP contribution in [0.5, 0.6) is 5.75 Å². The predicted molar refractivity (Wildman–Crippen MR) is 85.5 cm³/mol. The fourth-order valence-electron chi connectivity index (χ4n) is 2.89. The summed E-state index contributed by atoms with van der Waals surface area (Å²) >= 11 is 0. The Morgan fingerprint density at radius 3 is 2.46 bits per heavy atom. The average Bonchev–Trinajstić information content (AvgIpc) is 3.00. The molecule has 0 saturated carbocycles. The van der Waals surface area contributed by atoms with Gasteiger partial charge < -0.3 is 14.6 Å². The van der Waals surface area contributed by atoms with E-state index in [-0.39, 0.29) is 12.3 Å². The van der Waals surface area contributed by atoms with E-state index in [9.17, 15) is 18.4 Å². The number of halogens is 2. The molecular formula is C17H17F2N3O4. The zero-order valence-electron chi connectivity index (χ0n) is 14.4. The molecule has 1 atom stereocenters. The van der Waals surface area contributed by atoms with E-state index < -0.39 is 24.1 Å². The molecule has 1 aliphatic rings. The summed E-state index contributed by atoms with van der Waals surface area (Å²) in [5.41, 5.74) is 0.418. The van der Waals surface area contributed by atoms with E-state index in [0.29, 0.717) is 22.6 Å². The molecule has 9 heteroatoms. The van der Waals surface area contributed by atoms with Gasteiger partial charge in [0.1, 0.15) is 17.0 Å². The Balaban J connectivity index is 1.85. The van der Waals surface area contributed by atoms with Crippen LogP contribution in [0.1, 0.15) is 29.5 Å². The topological polar surface area (TPSA) is 84.7 Å². The molecule has 1 aromatic carbocycles. The van der Waals surface area contributed by atoms with Crippen LogP contribution < -0.4 is 10.1 Å². The zero-order chi connectivity index (χ0) is 19.1. The molecule has 1 fully saturated rings. The average molecular weight is 365 g/mol. The van der Waals surface area contributed by atoms with Crippen LogP contribution >= 0.6 is 0 Å². The van der Waals surface area contributed by atoms with Crippen molar-refractivity contribution in [3.63, 3.8) is 0 Å². The first-order valence-corrected chi connectivity index (χ1v) is 7.83. The fourth-order valence-corrected chi connectivity index (χ4v) is 2.89. The molecule has 0 spiro atoms. The molecule has 0 bridgehead atoms. The minimum Gasteiger partial charge on any atom is -0.435 e. The van der Waals surface area contributed by atoms with Gasteiger partial charge in [-0.15, -0.1) is 0 Å². The number of ether oxygens (including phenoxy) is 1. The third kappa shape index (κ3) is 3.00. The number of nitrogens with zero attached hydrogens (tertiary/aromatic N) is 2. The molecule has 0 radical (unpaired) electrons. The summed E-state index contributed by atoms with van der Waals surface area (Å²) in [4.78, 5) is 26.3. The first kappa shape index (κ1) is 17.8. The molecule has 0 unspecified atom stereocenters. The SMILES string of the molecule is Cc1noc(C)c1CN1C(=O)N[C@@](C)(c2ccc(OC(F)F)cc2)C1=O. The largest absolute Gasteiger partial charge is 0.435 e. The number of aromatic nitrogens is 1. The Morgan fingerprint density at radius 2 is 1.92 bits per heavy atom. The van der Waals surface area contributed by atoms with E-state index in [1.807, 2.05) is 0 Å². The quantitative estimate of drug-likeness (QED) is 0.824. The molecule has 26 heavy (non-hydrogen) atoms. The number of imide groups is 1. The van der Waals surface area contributed by atoms with Gasteiger partial charge in [-0.2, -0.15) is 8.78 Å². The standard InChI is InChI=1S/C17H17F2N3O4/c1-9-13(10(2)26-21-9)8-22-14(23)17(3,20-16(22)24)11-4-6-12(7-5-11)25-15(18)19/h4-7,15H,8H2,1-3H3,(H,20,24)/t17-/m0/s1. The molecule has 1 aliphatic heterocycles. The lowest BCUT2D eigenvalue weighted by Gasteiger charge is -2.22. The lowest BCUT2D eigenvalue weighted by molar-refractivity contribution is -0.131. The van der Waals surface area contributed by atoms with Gasteiger partial charge in [0, 0.05) is 5.56 Å². The highest BCUT2D eigenvalue weighted by atomic mass is 19.3. The highest BCUT2D eigenvalue weighted by Crippen LogP contribution is 2.31. The molecule has 1 saturated heterocycles. The smallest absolute Gasteiger partial charge is 0.387 e. The molecule has 3 rings (SSSR count). The van der Waals surface area contributed by atoms with Gasteiger partial charge in [-0.25, -0.2) is 4.79 Å². The number of nitrogens with one attached hydrogen (secondary N) is 1. The Hall–Kier alpha value is -2.97. The molecule has 138 valence electrons. The third-order valence-corrected chi connectivity index (χ3v) is 4.43. The Labute approximate surface area is 147 Å². The van der Waals surface area contributed by atoms with Crippen molar-refractivity contribution in [3.8, 4) is 5.75 Å². The van der Waals surface area contributed by atoms with Crippen molar-refractivity contribution in [2.45, 2.75) is 39.5 Å². The van der Waals surface area contributed by atoms with Crippen molar-refractivity contribution < 1.29 is 27.6 Å². The summed E-state index contributed by atoms with van der Waals surface area (Å²) in [5, 5.41) is 6.47. The first-order chi connectivity index (χ1) is 12.2. The molecule has 0 aliphatic carbocycles. The van der Waals surface area contributed by atoms with Crippen molar-refractivity contribution in [3.05, 3.63) is 46.8 Å². The molecule has 7 nitrogen and oxygen atoms in total. The molecule has 2 heterocycles. The highest BCUT2D eigenvalue weighted by molar-refractivity contribution is 6.07. The molecule has 1 aromatic heterocycles. The first-order valence-electron chi connectivity index (χ1n) is 7.83. The second-order valence-electron chi connectivity index (χ2n) is 6.15. The normalized spacial score (nSPS) is 20.0. The summed E-state index contributed by atoms with van der Waals surface area (Å²) in [6, 6.07) is 5.03. The summed E-state index contributed by atoms with van der Waals surface area (Å²) in [5.74, 6) is 0.0481. The maximum absolute atomic E-state index is 12.9. The van der Waals surface area contributed by atoms with Gasteiger partial charge >= 0.3 is 12.6 Å². The maximum atomic E-state index is 12.9.